The lowest BCUT2D eigenvalue weighted by molar-refractivity contribution is 0.185. The molecule has 2 aromatic rings. The highest BCUT2D eigenvalue weighted by Crippen LogP contribution is 2.17. The summed E-state index contributed by atoms with van der Waals surface area (Å²) in [6.07, 6.45) is 0. The molecular formula is C13H18N6O. The zero-order valence-corrected chi connectivity index (χ0v) is 11.8. The van der Waals surface area contributed by atoms with E-state index in [4.69, 9.17) is 10.5 Å². The molecule has 0 spiro atoms. The number of nitrogen functional groups attached to an aromatic ring is 1. The van der Waals surface area contributed by atoms with Gasteiger partial charge >= 0.3 is 0 Å². The van der Waals surface area contributed by atoms with Crippen LogP contribution in [-0.4, -0.2) is 36.2 Å². The quantitative estimate of drug-likeness (QED) is 0.852. The van der Waals surface area contributed by atoms with Crippen LogP contribution in [0.3, 0.4) is 0 Å². The standard InChI is InChI=1S/C13H18N6O/c1-19(2)13-17-11(14)16-12(18-13)15-10-6-4-5-9(7-10)8-20-3/h4-7H,8H2,1-3H3,(H3,14,15,16,17,18). The lowest BCUT2D eigenvalue weighted by atomic mass is 10.2. The molecule has 1 aromatic carbocycles. The summed E-state index contributed by atoms with van der Waals surface area (Å²) in [6, 6.07) is 7.82. The molecule has 0 saturated carbocycles. The van der Waals surface area contributed by atoms with Crippen LogP contribution in [0.25, 0.3) is 0 Å². The van der Waals surface area contributed by atoms with Crippen LogP contribution in [0.2, 0.25) is 0 Å². The van der Waals surface area contributed by atoms with E-state index >= 15 is 0 Å². The normalized spacial score (nSPS) is 10.3. The second-order valence-corrected chi connectivity index (χ2v) is 4.47. The van der Waals surface area contributed by atoms with Crippen molar-refractivity contribution in [2.45, 2.75) is 6.61 Å². The summed E-state index contributed by atoms with van der Waals surface area (Å²) in [7, 11) is 5.35. The second-order valence-electron chi connectivity index (χ2n) is 4.47. The Balaban J connectivity index is 2.23. The molecule has 0 bridgehead atoms. The molecule has 2 rings (SSSR count). The van der Waals surface area contributed by atoms with Gasteiger partial charge in [0, 0.05) is 26.9 Å². The van der Waals surface area contributed by atoms with Gasteiger partial charge in [0.15, 0.2) is 0 Å². The molecule has 0 unspecified atom stereocenters. The van der Waals surface area contributed by atoms with Crippen LogP contribution in [-0.2, 0) is 11.3 Å². The second kappa shape index (κ2) is 6.16. The van der Waals surface area contributed by atoms with Crippen molar-refractivity contribution in [3.63, 3.8) is 0 Å². The number of nitrogens with two attached hydrogens (primary N) is 1. The first kappa shape index (κ1) is 14.0. The summed E-state index contributed by atoms with van der Waals surface area (Å²) in [6.45, 7) is 0.553. The lowest BCUT2D eigenvalue weighted by Gasteiger charge is -2.12. The van der Waals surface area contributed by atoms with Gasteiger partial charge in [0.1, 0.15) is 0 Å². The molecule has 0 amide bonds. The highest BCUT2D eigenvalue weighted by Gasteiger charge is 2.06. The van der Waals surface area contributed by atoms with Gasteiger partial charge in [-0.2, -0.15) is 15.0 Å². The molecule has 0 aliphatic heterocycles. The Kier molecular flexibility index (Phi) is 4.31. The summed E-state index contributed by atoms with van der Waals surface area (Å²) in [4.78, 5) is 14.2. The molecule has 7 heteroatoms. The van der Waals surface area contributed by atoms with Crippen molar-refractivity contribution in [1.82, 2.24) is 15.0 Å². The predicted octanol–water partition coefficient (Wildman–Crippen LogP) is 1.41. The fourth-order valence-electron chi connectivity index (χ4n) is 1.67. The van der Waals surface area contributed by atoms with Crippen LogP contribution in [0.5, 0.6) is 0 Å². The Bertz CT molecular complexity index is 587. The van der Waals surface area contributed by atoms with E-state index in [1.807, 2.05) is 38.4 Å². The maximum atomic E-state index is 5.68. The van der Waals surface area contributed by atoms with Crippen LogP contribution in [0.1, 0.15) is 5.56 Å². The minimum absolute atomic E-state index is 0.180. The van der Waals surface area contributed by atoms with Crippen LogP contribution in [0.15, 0.2) is 24.3 Å². The van der Waals surface area contributed by atoms with E-state index < -0.39 is 0 Å². The van der Waals surface area contributed by atoms with E-state index in [2.05, 4.69) is 20.3 Å². The van der Waals surface area contributed by atoms with Crippen molar-refractivity contribution in [1.29, 1.82) is 0 Å². The minimum atomic E-state index is 0.180. The summed E-state index contributed by atoms with van der Waals surface area (Å²) in [5, 5.41) is 3.11. The number of hydrogen-bond acceptors (Lipinski definition) is 7. The predicted molar refractivity (Wildman–Crippen MR) is 79.0 cm³/mol. The average molecular weight is 274 g/mol. The van der Waals surface area contributed by atoms with Crippen molar-refractivity contribution in [3.05, 3.63) is 29.8 Å². The van der Waals surface area contributed by atoms with E-state index in [0.29, 0.717) is 18.5 Å². The third-order valence-electron chi connectivity index (χ3n) is 2.54. The van der Waals surface area contributed by atoms with Crippen molar-refractivity contribution >= 4 is 23.5 Å². The van der Waals surface area contributed by atoms with E-state index in [1.165, 1.54) is 0 Å². The number of benzene rings is 1. The van der Waals surface area contributed by atoms with E-state index in [9.17, 15) is 0 Å². The fraction of sp³-hybridized carbons (Fsp3) is 0.308. The van der Waals surface area contributed by atoms with Crippen LogP contribution in [0, 0.1) is 0 Å². The van der Waals surface area contributed by atoms with Gasteiger partial charge in [0.2, 0.25) is 17.8 Å². The van der Waals surface area contributed by atoms with Crippen molar-refractivity contribution < 1.29 is 4.74 Å². The summed E-state index contributed by atoms with van der Waals surface area (Å²) in [5.74, 6) is 1.10. The summed E-state index contributed by atoms with van der Waals surface area (Å²) in [5.41, 5.74) is 7.61. The first-order valence-corrected chi connectivity index (χ1v) is 6.12. The van der Waals surface area contributed by atoms with Gasteiger partial charge in [0.25, 0.3) is 0 Å². The Morgan fingerprint density at radius 2 is 2.05 bits per heavy atom. The van der Waals surface area contributed by atoms with Gasteiger partial charge in [-0.05, 0) is 17.7 Å². The smallest absolute Gasteiger partial charge is 0.233 e. The molecule has 0 aliphatic carbocycles. The van der Waals surface area contributed by atoms with E-state index in [0.717, 1.165) is 11.3 Å². The number of nitrogens with zero attached hydrogens (tertiary/aromatic N) is 4. The molecule has 0 fully saturated rings. The van der Waals surface area contributed by atoms with Crippen LogP contribution < -0.4 is 16.0 Å². The van der Waals surface area contributed by atoms with Crippen molar-refractivity contribution in [3.8, 4) is 0 Å². The van der Waals surface area contributed by atoms with Gasteiger partial charge in [-0.3, -0.25) is 0 Å². The van der Waals surface area contributed by atoms with Crippen molar-refractivity contribution in [2.24, 2.45) is 0 Å². The Labute approximate surface area is 117 Å². The lowest BCUT2D eigenvalue weighted by Crippen LogP contribution is -2.15. The molecule has 20 heavy (non-hydrogen) atoms. The molecule has 7 nitrogen and oxygen atoms in total. The average Bonchev–Trinajstić information content (AvgIpc) is 2.38. The number of anilines is 4. The minimum Gasteiger partial charge on any atom is -0.380 e. The maximum absolute atomic E-state index is 5.68. The molecular weight excluding hydrogens is 256 g/mol. The Hall–Kier alpha value is -2.41. The van der Waals surface area contributed by atoms with Crippen molar-refractivity contribution in [2.75, 3.05) is 37.2 Å². The Morgan fingerprint density at radius 1 is 1.25 bits per heavy atom. The Morgan fingerprint density at radius 3 is 2.75 bits per heavy atom. The largest absolute Gasteiger partial charge is 0.380 e. The molecule has 0 saturated heterocycles. The first-order valence-electron chi connectivity index (χ1n) is 6.12. The number of methoxy groups -OCH3 is 1. The summed E-state index contributed by atoms with van der Waals surface area (Å²) >= 11 is 0. The number of aromatic nitrogens is 3. The molecule has 0 radical (unpaired) electrons. The monoisotopic (exact) mass is 274 g/mol. The topological polar surface area (TPSA) is 89.2 Å². The molecule has 106 valence electrons. The number of nitrogens with one attached hydrogen (secondary N) is 1. The fourth-order valence-corrected chi connectivity index (χ4v) is 1.67. The van der Waals surface area contributed by atoms with Gasteiger partial charge in [0.05, 0.1) is 6.61 Å². The molecule has 1 heterocycles. The molecule has 0 aliphatic rings. The van der Waals surface area contributed by atoms with Gasteiger partial charge in [-0.15, -0.1) is 0 Å². The van der Waals surface area contributed by atoms with Gasteiger partial charge in [-0.25, -0.2) is 0 Å². The number of ether oxygens (including phenoxy) is 1. The molecule has 3 N–H and O–H groups in total. The SMILES string of the molecule is COCc1cccc(Nc2nc(N)nc(N(C)C)n2)c1. The van der Waals surface area contributed by atoms with Crippen LogP contribution >= 0.6 is 0 Å². The zero-order valence-electron chi connectivity index (χ0n) is 11.8. The van der Waals surface area contributed by atoms with Crippen LogP contribution in [0.4, 0.5) is 23.5 Å². The molecule has 0 atom stereocenters. The summed E-state index contributed by atoms with van der Waals surface area (Å²) < 4.78 is 5.11. The number of rotatable bonds is 5. The van der Waals surface area contributed by atoms with E-state index in [1.54, 1.807) is 12.0 Å². The third kappa shape index (κ3) is 3.55. The third-order valence-corrected chi connectivity index (χ3v) is 2.54. The highest BCUT2D eigenvalue weighted by atomic mass is 16.5. The van der Waals surface area contributed by atoms with Gasteiger partial charge < -0.3 is 20.7 Å². The molecule has 1 aromatic heterocycles. The highest BCUT2D eigenvalue weighted by molar-refractivity contribution is 5.56. The maximum Gasteiger partial charge on any atom is 0.233 e. The van der Waals surface area contributed by atoms with E-state index in [-0.39, 0.29) is 5.95 Å². The van der Waals surface area contributed by atoms with Gasteiger partial charge in [-0.1, -0.05) is 12.1 Å². The zero-order chi connectivity index (χ0) is 14.5. The number of hydrogen-bond donors (Lipinski definition) is 2. The first-order chi connectivity index (χ1) is 9.58.